The number of Topliss-reactive ketones (excluding diaryl/α,β-unsaturated/α-hetero) is 1. The SMILES string of the molecule is CCCC(=O)Nc1ccc(C(=O)CN2C(=O)NC(C)(c3ccc(OC(F)(F)F)cc3)C2=O)cc1. The van der Waals surface area contributed by atoms with Gasteiger partial charge in [-0.15, -0.1) is 13.2 Å². The highest BCUT2D eigenvalue weighted by Gasteiger charge is 2.49. The number of imide groups is 1. The van der Waals surface area contributed by atoms with Crippen LogP contribution in [0, 0.1) is 0 Å². The third kappa shape index (κ3) is 5.53. The monoisotopic (exact) mass is 477 g/mol. The number of ketones is 1. The lowest BCUT2D eigenvalue weighted by molar-refractivity contribution is -0.274. The van der Waals surface area contributed by atoms with Gasteiger partial charge in [0.2, 0.25) is 5.91 Å². The van der Waals surface area contributed by atoms with Gasteiger partial charge in [0.05, 0.1) is 6.54 Å². The van der Waals surface area contributed by atoms with E-state index in [4.69, 9.17) is 0 Å². The summed E-state index contributed by atoms with van der Waals surface area (Å²) in [6.45, 7) is 2.74. The van der Waals surface area contributed by atoms with E-state index in [9.17, 15) is 32.3 Å². The number of carbonyl (C=O) groups excluding carboxylic acids is 4. The Morgan fingerprint density at radius 2 is 1.68 bits per heavy atom. The number of rotatable bonds is 8. The first kappa shape index (κ1) is 24.7. The fourth-order valence-electron chi connectivity index (χ4n) is 3.45. The molecule has 8 nitrogen and oxygen atoms in total. The number of urea groups is 1. The van der Waals surface area contributed by atoms with E-state index in [0.717, 1.165) is 17.0 Å². The van der Waals surface area contributed by atoms with Crippen molar-refractivity contribution in [3.63, 3.8) is 0 Å². The number of nitrogens with one attached hydrogen (secondary N) is 2. The molecule has 1 unspecified atom stereocenters. The quantitative estimate of drug-likeness (QED) is 0.442. The minimum atomic E-state index is -4.86. The summed E-state index contributed by atoms with van der Waals surface area (Å²) in [5.74, 6) is -1.86. The van der Waals surface area contributed by atoms with Gasteiger partial charge in [0.1, 0.15) is 11.3 Å². The van der Waals surface area contributed by atoms with Crippen LogP contribution in [-0.2, 0) is 15.1 Å². The molecule has 1 saturated heterocycles. The van der Waals surface area contributed by atoms with E-state index in [1.807, 2.05) is 6.92 Å². The second-order valence-corrected chi connectivity index (χ2v) is 7.82. The normalized spacial score (nSPS) is 18.0. The van der Waals surface area contributed by atoms with Crippen molar-refractivity contribution in [1.82, 2.24) is 10.2 Å². The molecular formula is C23H22F3N3O5. The third-order valence-electron chi connectivity index (χ3n) is 5.21. The fraction of sp³-hybridized carbons (Fsp3) is 0.304. The largest absolute Gasteiger partial charge is 0.573 e. The summed E-state index contributed by atoms with van der Waals surface area (Å²) in [6, 6.07) is 9.75. The number of halogens is 3. The van der Waals surface area contributed by atoms with E-state index < -0.39 is 41.9 Å². The highest BCUT2D eigenvalue weighted by molar-refractivity contribution is 6.11. The lowest BCUT2D eigenvalue weighted by Crippen LogP contribution is -2.41. The molecule has 11 heteroatoms. The maximum absolute atomic E-state index is 13.0. The molecule has 2 aromatic rings. The molecule has 180 valence electrons. The minimum absolute atomic E-state index is 0.154. The molecule has 2 N–H and O–H groups in total. The lowest BCUT2D eigenvalue weighted by Gasteiger charge is -2.22. The molecule has 2 aromatic carbocycles. The summed E-state index contributed by atoms with van der Waals surface area (Å²) in [7, 11) is 0. The van der Waals surface area contributed by atoms with Crippen molar-refractivity contribution >= 4 is 29.3 Å². The Morgan fingerprint density at radius 1 is 1.06 bits per heavy atom. The van der Waals surface area contributed by atoms with Gasteiger partial charge in [0.25, 0.3) is 5.91 Å². The summed E-state index contributed by atoms with van der Waals surface area (Å²) in [5.41, 5.74) is -0.601. The fourth-order valence-corrected chi connectivity index (χ4v) is 3.45. The Kier molecular flexibility index (Phi) is 6.94. The van der Waals surface area contributed by atoms with Crippen LogP contribution in [0.4, 0.5) is 23.7 Å². The molecule has 1 fully saturated rings. The molecule has 0 saturated carbocycles. The van der Waals surface area contributed by atoms with E-state index in [2.05, 4.69) is 15.4 Å². The molecule has 34 heavy (non-hydrogen) atoms. The second-order valence-electron chi connectivity index (χ2n) is 7.82. The molecule has 4 amide bonds. The summed E-state index contributed by atoms with van der Waals surface area (Å²) >= 11 is 0. The van der Waals surface area contributed by atoms with Crippen LogP contribution in [0.25, 0.3) is 0 Å². The molecule has 1 atom stereocenters. The second kappa shape index (κ2) is 9.54. The standard InChI is InChI=1S/C23H22F3N3O5/c1-3-4-19(31)27-16-9-5-14(6-10-16)18(30)13-29-20(32)22(2,28-21(29)33)15-7-11-17(12-8-15)34-23(24,25)26/h5-12H,3-4,13H2,1-2H3,(H,27,31)(H,28,33). The summed E-state index contributed by atoms with van der Waals surface area (Å²) in [5, 5.41) is 5.18. The predicted molar refractivity (Wildman–Crippen MR) is 115 cm³/mol. The maximum Gasteiger partial charge on any atom is 0.573 e. The topological polar surface area (TPSA) is 105 Å². The van der Waals surface area contributed by atoms with E-state index in [1.165, 1.54) is 31.2 Å². The van der Waals surface area contributed by atoms with Gasteiger partial charge in [0.15, 0.2) is 5.78 Å². The Hall–Kier alpha value is -3.89. The van der Waals surface area contributed by atoms with Crippen molar-refractivity contribution in [3.8, 4) is 5.75 Å². The average Bonchev–Trinajstić information content (AvgIpc) is 2.97. The highest BCUT2D eigenvalue weighted by atomic mass is 19.4. The third-order valence-corrected chi connectivity index (χ3v) is 5.21. The number of amides is 4. The molecular weight excluding hydrogens is 455 g/mol. The van der Waals surface area contributed by atoms with E-state index >= 15 is 0 Å². The van der Waals surface area contributed by atoms with Gasteiger partial charge >= 0.3 is 12.4 Å². The van der Waals surface area contributed by atoms with Crippen molar-refractivity contribution in [3.05, 3.63) is 59.7 Å². The van der Waals surface area contributed by atoms with Crippen LogP contribution in [0.5, 0.6) is 5.75 Å². The first-order chi connectivity index (χ1) is 15.9. The number of nitrogens with zero attached hydrogens (tertiary/aromatic N) is 1. The number of benzene rings is 2. The highest BCUT2D eigenvalue weighted by Crippen LogP contribution is 2.31. The van der Waals surface area contributed by atoms with Gasteiger partial charge in [-0.3, -0.25) is 19.3 Å². The Morgan fingerprint density at radius 3 is 2.24 bits per heavy atom. The zero-order valence-corrected chi connectivity index (χ0v) is 18.4. The van der Waals surface area contributed by atoms with E-state index in [-0.39, 0.29) is 17.0 Å². The maximum atomic E-state index is 13.0. The van der Waals surface area contributed by atoms with Crippen molar-refractivity contribution in [2.75, 3.05) is 11.9 Å². The van der Waals surface area contributed by atoms with E-state index in [1.54, 1.807) is 12.1 Å². The van der Waals surface area contributed by atoms with Crippen LogP contribution in [0.2, 0.25) is 0 Å². The molecule has 0 aromatic heterocycles. The van der Waals surface area contributed by atoms with Crippen molar-refractivity contribution in [1.29, 1.82) is 0 Å². The van der Waals surface area contributed by atoms with Crippen LogP contribution in [0.3, 0.4) is 0 Å². The molecule has 1 aliphatic rings. The van der Waals surface area contributed by atoms with Crippen LogP contribution in [0.1, 0.15) is 42.6 Å². The number of anilines is 1. The zero-order chi connectivity index (χ0) is 25.1. The molecule has 3 rings (SSSR count). The van der Waals surface area contributed by atoms with Crippen LogP contribution >= 0.6 is 0 Å². The Labute approximate surface area is 193 Å². The number of ether oxygens (including phenoxy) is 1. The number of hydrogen-bond donors (Lipinski definition) is 2. The van der Waals surface area contributed by atoms with Crippen molar-refractivity contribution < 1.29 is 37.1 Å². The van der Waals surface area contributed by atoms with Gasteiger partial charge in [-0.2, -0.15) is 0 Å². The molecule has 0 aliphatic carbocycles. The zero-order valence-electron chi connectivity index (χ0n) is 18.4. The number of alkyl halides is 3. The lowest BCUT2D eigenvalue weighted by atomic mass is 9.92. The summed E-state index contributed by atoms with van der Waals surface area (Å²) in [4.78, 5) is 50.5. The van der Waals surface area contributed by atoms with Crippen LogP contribution in [-0.4, -0.2) is 41.4 Å². The van der Waals surface area contributed by atoms with Crippen molar-refractivity contribution in [2.45, 2.75) is 38.6 Å². The molecule has 0 spiro atoms. The number of hydrogen-bond acceptors (Lipinski definition) is 5. The van der Waals surface area contributed by atoms with Gasteiger partial charge in [-0.1, -0.05) is 19.1 Å². The van der Waals surface area contributed by atoms with Gasteiger partial charge < -0.3 is 15.4 Å². The van der Waals surface area contributed by atoms with E-state index in [0.29, 0.717) is 18.5 Å². The van der Waals surface area contributed by atoms with Gasteiger partial charge in [-0.25, -0.2) is 4.79 Å². The van der Waals surface area contributed by atoms with Gasteiger partial charge in [0, 0.05) is 17.7 Å². The minimum Gasteiger partial charge on any atom is -0.406 e. The average molecular weight is 477 g/mol. The molecule has 0 radical (unpaired) electrons. The van der Waals surface area contributed by atoms with Crippen molar-refractivity contribution in [2.24, 2.45) is 0 Å². The first-order valence-corrected chi connectivity index (χ1v) is 10.4. The van der Waals surface area contributed by atoms with Crippen LogP contribution in [0.15, 0.2) is 48.5 Å². The predicted octanol–water partition coefficient (Wildman–Crippen LogP) is 3.97. The first-order valence-electron chi connectivity index (χ1n) is 10.4. The number of carbonyl (C=O) groups is 4. The molecule has 1 aliphatic heterocycles. The summed E-state index contributed by atoms with van der Waals surface area (Å²) in [6.07, 6.45) is -3.80. The smallest absolute Gasteiger partial charge is 0.406 e. The van der Waals surface area contributed by atoms with Crippen LogP contribution < -0.4 is 15.4 Å². The molecule has 0 bridgehead atoms. The molecule has 1 heterocycles. The summed E-state index contributed by atoms with van der Waals surface area (Å²) < 4.78 is 40.9. The Bertz CT molecular complexity index is 1100. The van der Waals surface area contributed by atoms with Gasteiger partial charge in [-0.05, 0) is 55.3 Å². The Balaban J connectivity index is 1.69.